The summed E-state index contributed by atoms with van der Waals surface area (Å²) in [5, 5.41) is 22.4. The molecule has 0 bridgehead atoms. The largest absolute Gasteiger partial charge is 0.456 e. The van der Waals surface area contributed by atoms with Gasteiger partial charge in [0.05, 0.1) is 11.5 Å². The molecule has 0 amide bonds. The van der Waals surface area contributed by atoms with Crippen molar-refractivity contribution in [3.63, 3.8) is 0 Å². The molecule has 5 aliphatic rings. The molecule has 0 saturated heterocycles. The monoisotopic (exact) mass is 452 g/mol. The number of rotatable bonds is 2. The first-order valence-corrected chi connectivity index (χ1v) is 12.4. The van der Waals surface area contributed by atoms with E-state index in [0.717, 1.165) is 43.3 Å². The van der Waals surface area contributed by atoms with Crippen LogP contribution in [-0.4, -0.2) is 39.8 Å². The van der Waals surface area contributed by atoms with Crippen LogP contribution in [0.15, 0.2) is 46.1 Å². The number of fused-ring (bicyclic) bond motifs is 4. The van der Waals surface area contributed by atoms with Crippen LogP contribution in [0.1, 0.15) is 73.1 Å². The van der Waals surface area contributed by atoms with Crippen molar-refractivity contribution in [2.45, 2.75) is 91.0 Å². The van der Waals surface area contributed by atoms with Gasteiger partial charge in [-0.3, -0.25) is 4.79 Å². The lowest BCUT2D eigenvalue weighted by atomic mass is 9.51. The Morgan fingerprint density at radius 1 is 1.18 bits per heavy atom. The van der Waals surface area contributed by atoms with Gasteiger partial charge in [0.1, 0.15) is 11.7 Å². The number of ether oxygens (including phenoxy) is 1. The van der Waals surface area contributed by atoms with Crippen LogP contribution in [0.5, 0.6) is 0 Å². The minimum Gasteiger partial charge on any atom is -0.456 e. The molecule has 4 aliphatic carbocycles. The normalized spacial score (nSPS) is 42.3. The smallest absolute Gasteiger partial charge is 0.334 e. The van der Waals surface area contributed by atoms with E-state index in [1.807, 2.05) is 20.8 Å². The second-order valence-corrected chi connectivity index (χ2v) is 11.6. The van der Waals surface area contributed by atoms with Crippen LogP contribution >= 0.6 is 0 Å². The maximum Gasteiger partial charge on any atom is 0.334 e. The third-order valence-electron chi connectivity index (χ3n) is 10.0. The summed E-state index contributed by atoms with van der Waals surface area (Å²) in [7, 11) is 0. The Kier molecular flexibility index (Phi) is 5.01. The number of aliphatic hydroxyl groups excluding tert-OH is 1. The molecule has 5 nitrogen and oxygen atoms in total. The van der Waals surface area contributed by atoms with Crippen molar-refractivity contribution in [3.05, 3.63) is 46.1 Å². The Labute approximate surface area is 196 Å². The fraction of sp³-hybridized carbons (Fsp3) is 0.643. The van der Waals surface area contributed by atoms with E-state index in [2.05, 4.69) is 13.0 Å². The van der Waals surface area contributed by atoms with Gasteiger partial charge in [-0.05, 0) is 88.9 Å². The molecule has 0 spiro atoms. The molecule has 7 atom stereocenters. The highest BCUT2D eigenvalue weighted by molar-refractivity contribution is 5.99. The molecule has 1 fully saturated rings. The quantitative estimate of drug-likeness (QED) is 0.481. The molecule has 0 aromatic carbocycles. The van der Waals surface area contributed by atoms with Crippen LogP contribution in [0, 0.1) is 22.7 Å². The summed E-state index contributed by atoms with van der Waals surface area (Å²) in [5.74, 6) is -0.173. The first-order chi connectivity index (χ1) is 15.4. The van der Waals surface area contributed by atoms with Gasteiger partial charge in [-0.25, -0.2) is 4.79 Å². The zero-order valence-corrected chi connectivity index (χ0v) is 20.4. The van der Waals surface area contributed by atoms with Crippen LogP contribution in [0.3, 0.4) is 0 Å². The molecule has 5 heteroatoms. The molecule has 0 aromatic rings. The average Bonchev–Trinajstić information content (AvgIpc) is 3.12. The second-order valence-electron chi connectivity index (χ2n) is 11.6. The molecule has 0 aromatic heterocycles. The van der Waals surface area contributed by atoms with Gasteiger partial charge in [-0.2, -0.15) is 0 Å². The highest BCUT2D eigenvalue weighted by atomic mass is 16.6. The third-order valence-corrected chi connectivity index (χ3v) is 10.0. The van der Waals surface area contributed by atoms with Crippen LogP contribution in [0.2, 0.25) is 0 Å². The molecule has 1 aliphatic heterocycles. The highest BCUT2D eigenvalue weighted by Gasteiger charge is 2.60. The number of carbonyl (C=O) groups excluding carboxylic acids is 2. The minimum absolute atomic E-state index is 0.0248. The van der Waals surface area contributed by atoms with Gasteiger partial charge in [0.25, 0.3) is 0 Å². The Morgan fingerprint density at radius 2 is 1.91 bits per heavy atom. The summed E-state index contributed by atoms with van der Waals surface area (Å²) >= 11 is 0. The summed E-state index contributed by atoms with van der Waals surface area (Å²) in [6, 6.07) is 0. The lowest BCUT2D eigenvalue weighted by Gasteiger charge is -2.53. The SMILES string of the molecule is CC1=C(C)C(=O)O[C@@H]([C@](C)(O)[C@H]2CCC3=C4CC=C5[C@@H](O)C=CC(=O)[C@]5(C)[C@H]4CC[C@@]32C)C1. The molecular weight excluding hydrogens is 416 g/mol. The van der Waals surface area contributed by atoms with E-state index < -0.39 is 23.2 Å². The molecule has 178 valence electrons. The van der Waals surface area contributed by atoms with E-state index in [1.54, 1.807) is 19.1 Å². The summed E-state index contributed by atoms with van der Waals surface area (Å²) in [5.41, 5.74) is 3.17. The number of ketones is 1. The highest BCUT2D eigenvalue weighted by Crippen LogP contribution is 2.64. The lowest BCUT2D eigenvalue weighted by Crippen LogP contribution is -2.54. The van der Waals surface area contributed by atoms with Crippen molar-refractivity contribution >= 4 is 11.8 Å². The Balaban J connectivity index is 1.52. The summed E-state index contributed by atoms with van der Waals surface area (Å²) in [6.07, 6.45) is 8.78. The van der Waals surface area contributed by atoms with E-state index in [-0.39, 0.29) is 29.0 Å². The number of hydrogen-bond donors (Lipinski definition) is 2. The Bertz CT molecular complexity index is 1060. The lowest BCUT2D eigenvalue weighted by molar-refractivity contribution is -0.175. The Hall–Kier alpha value is -1.98. The Morgan fingerprint density at radius 3 is 2.61 bits per heavy atom. The number of aliphatic hydroxyl groups is 2. The van der Waals surface area contributed by atoms with Crippen molar-refractivity contribution < 1.29 is 24.5 Å². The van der Waals surface area contributed by atoms with Gasteiger partial charge in [0, 0.05) is 17.9 Å². The number of allylic oxidation sites excluding steroid dienone is 4. The molecule has 2 N–H and O–H groups in total. The third kappa shape index (κ3) is 2.97. The van der Waals surface area contributed by atoms with E-state index in [0.29, 0.717) is 12.0 Å². The predicted molar refractivity (Wildman–Crippen MR) is 125 cm³/mol. The van der Waals surface area contributed by atoms with Crippen LogP contribution in [-0.2, 0) is 14.3 Å². The van der Waals surface area contributed by atoms with Gasteiger partial charge in [-0.1, -0.05) is 29.7 Å². The minimum atomic E-state index is -1.14. The van der Waals surface area contributed by atoms with Crippen LogP contribution in [0.25, 0.3) is 0 Å². The first-order valence-electron chi connectivity index (χ1n) is 12.4. The van der Waals surface area contributed by atoms with Gasteiger partial charge >= 0.3 is 5.97 Å². The van der Waals surface area contributed by atoms with Gasteiger partial charge < -0.3 is 14.9 Å². The fourth-order valence-corrected chi connectivity index (χ4v) is 7.87. The van der Waals surface area contributed by atoms with Gasteiger partial charge in [0.2, 0.25) is 0 Å². The van der Waals surface area contributed by atoms with Crippen molar-refractivity contribution in [1.82, 2.24) is 0 Å². The zero-order chi connectivity index (χ0) is 23.9. The van der Waals surface area contributed by atoms with Gasteiger partial charge in [0.15, 0.2) is 5.78 Å². The van der Waals surface area contributed by atoms with Gasteiger partial charge in [-0.15, -0.1) is 0 Å². The molecule has 1 heterocycles. The molecule has 33 heavy (non-hydrogen) atoms. The maximum atomic E-state index is 13.1. The number of cyclic esters (lactones) is 1. The topological polar surface area (TPSA) is 83.8 Å². The van der Waals surface area contributed by atoms with E-state index in [1.165, 1.54) is 11.1 Å². The van der Waals surface area contributed by atoms with Crippen molar-refractivity contribution in [1.29, 1.82) is 0 Å². The van der Waals surface area contributed by atoms with E-state index in [4.69, 9.17) is 4.74 Å². The standard InChI is InChI=1S/C28H36O5/c1-15-14-24(33-25(31)16(15)2)28(5,32)22-10-8-18-17-6-7-20-21(29)9-11-23(30)27(20,4)19(17)12-13-26(18,22)3/h7,9,11,19,21-22,24,29,32H,6,8,10,12-14H2,1-5H3/t19-,21-,22-,24+,26-,27+,28+/m0/s1. The van der Waals surface area contributed by atoms with E-state index in [9.17, 15) is 19.8 Å². The van der Waals surface area contributed by atoms with E-state index >= 15 is 0 Å². The summed E-state index contributed by atoms with van der Waals surface area (Å²) < 4.78 is 5.74. The predicted octanol–water partition coefficient (Wildman–Crippen LogP) is 4.35. The summed E-state index contributed by atoms with van der Waals surface area (Å²) in [4.78, 5) is 25.5. The summed E-state index contributed by atoms with van der Waals surface area (Å²) in [6.45, 7) is 9.84. The molecular formula is C28H36O5. The number of carbonyl (C=O) groups is 2. The number of hydrogen-bond acceptors (Lipinski definition) is 5. The fourth-order valence-electron chi connectivity index (χ4n) is 7.87. The number of esters is 1. The van der Waals surface area contributed by atoms with Crippen molar-refractivity contribution in [2.24, 2.45) is 22.7 Å². The van der Waals surface area contributed by atoms with Crippen LogP contribution < -0.4 is 0 Å². The first kappa shape index (κ1) is 22.8. The molecule has 0 unspecified atom stereocenters. The van der Waals surface area contributed by atoms with Crippen molar-refractivity contribution in [3.8, 4) is 0 Å². The van der Waals surface area contributed by atoms with Crippen molar-refractivity contribution in [2.75, 3.05) is 0 Å². The molecule has 0 radical (unpaired) electrons. The zero-order valence-electron chi connectivity index (χ0n) is 20.4. The second kappa shape index (κ2) is 7.26. The molecule has 1 saturated carbocycles. The molecule has 5 rings (SSSR count). The van der Waals surface area contributed by atoms with Crippen LogP contribution in [0.4, 0.5) is 0 Å². The maximum absolute atomic E-state index is 13.1. The average molecular weight is 453 g/mol.